The van der Waals surface area contributed by atoms with E-state index < -0.39 is 11.9 Å². The van der Waals surface area contributed by atoms with E-state index >= 15 is 0 Å². The molecule has 0 radical (unpaired) electrons. The number of hydrogen-bond acceptors (Lipinski definition) is 1. The van der Waals surface area contributed by atoms with Crippen molar-refractivity contribution in [1.29, 1.82) is 0 Å². The predicted molar refractivity (Wildman–Crippen MR) is 49.9 cm³/mol. The normalized spacial score (nSPS) is 24.7. The van der Waals surface area contributed by atoms with Gasteiger partial charge in [-0.15, -0.1) is 0 Å². The van der Waals surface area contributed by atoms with E-state index in [0.717, 1.165) is 0 Å². The number of aliphatic carboxylic acids is 1. The van der Waals surface area contributed by atoms with Gasteiger partial charge >= 0.3 is 5.97 Å². The van der Waals surface area contributed by atoms with Crippen LogP contribution < -0.4 is 0 Å². The van der Waals surface area contributed by atoms with Crippen molar-refractivity contribution in [3.8, 4) is 0 Å². The number of halogens is 2. The summed E-state index contributed by atoms with van der Waals surface area (Å²) in [7, 11) is 0. The first-order valence-electron chi connectivity index (χ1n) is 4.27. The molecule has 2 unspecified atom stereocenters. The maximum absolute atomic E-state index is 12.9. The van der Waals surface area contributed by atoms with Crippen LogP contribution in [0.5, 0.6) is 0 Å². The summed E-state index contributed by atoms with van der Waals surface area (Å²) in [6.45, 7) is 0. The van der Waals surface area contributed by atoms with Crippen molar-refractivity contribution in [1.82, 2.24) is 0 Å². The van der Waals surface area contributed by atoms with Crippen molar-refractivity contribution in [2.75, 3.05) is 0 Å². The average Bonchev–Trinajstić information content (AvgIpc) is 2.88. The lowest BCUT2D eigenvalue weighted by Crippen LogP contribution is -1.99. The summed E-state index contributed by atoms with van der Waals surface area (Å²) >= 11 is 5.84. The van der Waals surface area contributed by atoms with Crippen LogP contribution in [-0.2, 0) is 4.79 Å². The molecule has 0 heterocycles. The monoisotopic (exact) mass is 214 g/mol. The average molecular weight is 215 g/mol. The Kier molecular flexibility index (Phi) is 2.19. The van der Waals surface area contributed by atoms with Gasteiger partial charge in [-0.3, -0.25) is 4.79 Å². The number of rotatable bonds is 2. The first kappa shape index (κ1) is 9.46. The molecule has 0 spiro atoms. The van der Waals surface area contributed by atoms with Crippen LogP contribution in [-0.4, -0.2) is 11.1 Å². The lowest BCUT2D eigenvalue weighted by Gasteiger charge is -2.01. The van der Waals surface area contributed by atoms with Gasteiger partial charge in [0.1, 0.15) is 5.82 Å². The summed E-state index contributed by atoms with van der Waals surface area (Å²) in [6, 6.07) is 4.05. The van der Waals surface area contributed by atoms with Gasteiger partial charge in [-0.1, -0.05) is 11.6 Å². The van der Waals surface area contributed by atoms with Crippen LogP contribution >= 0.6 is 11.6 Å². The molecule has 14 heavy (non-hydrogen) atoms. The second-order valence-electron chi connectivity index (χ2n) is 3.45. The molecule has 4 heteroatoms. The van der Waals surface area contributed by atoms with Gasteiger partial charge in [-0.2, -0.15) is 0 Å². The fourth-order valence-electron chi connectivity index (χ4n) is 1.61. The first-order valence-corrected chi connectivity index (χ1v) is 4.65. The third-order valence-corrected chi connectivity index (χ3v) is 2.81. The van der Waals surface area contributed by atoms with E-state index in [4.69, 9.17) is 16.7 Å². The summed E-state index contributed by atoms with van der Waals surface area (Å²) in [6.07, 6.45) is 0.554. The molecule has 1 fully saturated rings. The number of carbonyl (C=O) groups is 1. The molecule has 1 N–H and O–H groups in total. The molecule has 1 aromatic carbocycles. The SMILES string of the molecule is O=C(O)C1CC1c1cc(F)ccc1Cl. The molecule has 0 aliphatic heterocycles. The third-order valence-electron chi connectivity index (χ3n) is 2.47. The van der Waals surface area contributed by atoms with Crippen LogP contribution in [0, 0.1) is 11.7 Å². The van der Waals surface area contributed by atoms with Gasteiger partial charge in [0, 0.05) is 5.02 Å². The van der Waals surface area contributed by atoms with Crippen LogP contribution in [0.3, 0.4) is 0 Å². The van der Waals surface area contributed by atoms with Crippen LogP contribution in [0.15, 0.2) is 18.2 Å². The molecule has 0 amide bonds. The summed E-state index contributed by atoms with van der Waals surface area (Å²) in [5.74, 6) is -1.72. The van der Waals surface area contributed by atoms with Crippen molar-refractivity contribution in [2.45, 2.75) is 12.3 Å². The van der Waals surface area contributed by atoms with Gasteiger partial charge in [-0.25, -0.2) is 4.39 Å². The molecule has 74 valence electrons. The van der Waals surface area contributed by atoms with Gasteiger partial charge in [0.15, 0.2) is 0 Å². The smallest absolute Gasteiger partial charge is 0.307 e. The van der Waals surface area contributed by atoms with Gasteiger partial charge in [-0.05, 0) is 36.1 Å². The van der Waals surface area contributed by atoms with Crippen LogP contribution in [0.2, 0.25) is 5.02 Å². The maximum atomic E-state index is 12.9. The molecule has 2 rings (SSSR count). The molecule has 1 aliphatic rings. The Morgan fingerprint density at radius 2 is 2.29 bits per heavy atom. The minimum atomic E-state index is -0.838. The topological polar surface area (TPSA) is 37.3 Å². The lowest BCUT2D eigenvalue weighted by atomic mass is 10.1. The van der Waals surface area contributed by atoms with Gasteiger partial charge in [0.25, 0.3) is 0 Å². The zero-order valence-electron chi connectivity index (χ0n) is 7.21. The highest BCUT2D eigenvalue weighted by Gasteiger charge is 2.45. The van der Waals surface area contributed by atoms with E-state index in [1.165, 1.54) is 18.2 Å². The summed E-state index contributed by atoms with van der Waals surface area (Å²) in [4.78, 5) is 10.6. The predicted octanol–water partition coefficient (Wildman–Crippen LogP) is 2.67. The van der Waals surface area contributed by atoms with E-state index in [2.05, 4.69) is 0 Å². The highest BCUT2D eigenvalue weighted by Crippen LogP contribution is 2.49. The molecule has 2 atom stereocenters. The molecule has 0 saturated heterocycles. The quantitative estimate of drug-likeness (QED) is 0.822. The van der Waals surface area contributed by atoms with E-state index in [1.54, 1.807) is 0 Å². The van der Waals surface area contributed by atoms with E-state index in [1.807, 2.05) is 0 Å². The molecule has 0 bridgehead atoms. The maximum Gasteiger partial charge on any atom is 0.307 e. The summed E-state index contributed by atoms with van der Waals surface area (Å²) in [5.41, 5.74) is 0.610. The fraction of sp³-hybridized carbons (Fsp3) is 0.300. The summed E-state index contributed by atoms with van der Waals surface area (Å²) < 4.78 is 12.9. The van der Waals surface area contributed by atoms with Crippen LogP contribution in [0.1, 0.15) is 17.9 Å². The number of hydrogen-bond donors (Lipinski definition) is 1. The van der Waals surface area contributed by atoms with Crippen LogP contribution in [0.25, 0.3) is 0 Å². The van der Waals surface area contributed by atoms with Crippen molar-refractivity contribution in [3.05, 3.63) is 34.6 Å². The zero-order valence-corrected chi connectivity index (χ0v) is 7.96. The van der Waals surface area contributed by atoms with E-state index in [0.29, 0.717) is 17.0 Å². The van der Waals surface area contributed by atoms with Crippen LogP contribution in [0.4, 0.5) is 4.39 Å². The molecule has 1 aliphatic carbocycles. The van der Waals surface area contributed by atoms with Crippen molar-refractivity contribution in [3.63, 3.8) is 0 Å². The molecular formula is C10H8ClFO2. The second-order valence-corrected chi connectivity index (χ2v) is 3.86. The molecule has 1 saturated carbocycles. The first-order chi connectivity index (χ1) is 6.59. The van der Waals surface area contributed by atoms with Gasteiger partial charge < -0.3 is 5.11 Å². The zero-order chi connectivity index (χ0) is 10.3. The molecule has 2 nitrogen and oxygen atoms in total. The second kappa shape index (κ2) is 3.24. The van der Waals surface area contributed by atoms with Crippen molar-refractivity contribution < 1.29 is 14.3 Å². The Balaban J connectivity index is 2.26. The largest absolute Gasteiger partial charge is 0.481 e. The Morgan fingerprint density at radius 3 is 2.86 bits per heavy atom. The number of benzene rings is 1. The molecule has 0 aromatic heterocycles. The van der Waals surface area contributed by atoms with Crippen molar-refractivity contribution in [2.24, 2.45) is 5.92 Å². The fourth-order valence-corrected chi connectivity index (χ4v) is 1.87. The molecule has 1 aromatic rings. The Morgan fingerprint density at radius 1 is 1.57 bits per heavy atom. The van der Waals surface area contributed by atoms with E-state index in [-0.39, 0.29) is 11.7 Å². The number of carboxylic acid groups (broad SMARTS) is 1. The highest BCUT2D eigenvalue weighted by atomic mass is 35.5. The Hall–Kier alpha value is -1.09. The van der Waals surface area contributed by atoms with E-state index in [9.17, 15) is 9.18 Å². The minimum absolute atomic E-state index is 0.115. The third kappa shape index (κ3) is 1.60. The molecular weight excluding hydrogens is 207 g/mol. The standard InChI is InChI=1S/C10H8ClFO2/c11-9-2-1-5(12)3-7(9)6-4-8(6)10(13)14/h1-3,6,8H,4H2,(H,13,14). The summed E-state index contributed by atoms with van der Waals surface area (Å²) in [5, 5.41) is 9.15. The van der Waals surface area contributed by atoms with Gasteiger partial charge in [0.2, 0.25) is 0 Å². The minimum Gasteiger partial charge on any atom is -0.481 e. The van der Waals surface area contributed by atoms with Gasteiger partial charge in [0.05, 0.1) is 5.92 Å². The Labute approximate surface area is 85.3 Å². The highest BCUT2D eigenvalue weighted by molar-refractivity contribution is 6.31. The van der Waals surface area contributed by atoms with Crippen molar-refractivity contribution >= 4 is 17.6 Å². The number of carboxylic acids is 1. The lowest BCUT2D eigenvalue weighted by molar-refractivity contribution is -0.138. The Bertz CT molecular complexity index is 392.